The molecule has 0 aromatic carbocycles. The molecule has 1 unspecified atom stereocenters. The zero-order chi connectivity index (χ0) is 14.0. The topological polar surface area (TPSA) is 68.1 Å². The van der Waals surface area contributed by atoms with Gasteiger partial charge in [-0.25, -0.2) is 4.98 Å². The Morgan fingerprint density at radius 1 is 1.42 bits per heavy atom. The van der Waals surface area contributed by atoms with Crippen LogP contribution in [-0.2, 0) is 0 Å². The molecule has 2 aromatic rings. The van der Waals surface area contributed by atoms with Crippen molar-refractivity contribution in [3.8, 4) is 0 Å². The van der Waals surface area contributed by atoms with E-state index < -0.39 is 4.92 Å². The van der Waals surface area contributed by atoms with Crippen LogP contribution in [0.1, 0.15) is 28.3 Å². The molecule has 0 amide bonds. The van der Waals surface area contributed by atoms with Gasteiger partial charge in [-0.2, -0.15) is 0 Å². The van der Waals surface area contributed by atoms with E-state index in [1.54, 1.807) is 24.5 Å². The quantitative estimate of drug-likeness (QED) is 0.681. The molecule has 5 nitrogen and oxygen atoms in total. The van der Waals surface area contributed by atoms with Crippen molar-refractivity contribution in [3.63, 3.8) is 0 Å². The second-order valence-corrected chi connectivity index (χ2v) is 5.77. The van der Waals surface area contributed by atoms with Crippen LogP contribution < -0.4 is 5.32 Å². The maximum atomic E-state index is 11.0. The Morgan fingerprint density at radius 3 is 2.74 bits per heavy atom. The number of hydrogen-bond acceptors (Lipinski definition) is 5. The van der Waals surface area contributed by atoms with Gasteiger partial charge in [0.25, 0.3) is 0 Å². The monoisotopic (exact) mass is 277 g/mol. The minimum absolute atomic E-state index is 0.00685. The Bertz CT molecular complexity index is 610. The lowest BCUT2D eigenvalue weighted by Crippen LogP contribution is -2.08. The maximum Gasteiger partial charge on any atom is 0.311 e. The molecular weight excluding hydrogens is 262 g/mol. The summed E-state index contributed by atoms with van der Waals surface area (Å²) in [5.41, 5.74) is 0.789. The van der Waals surface area contributed by atoms with E-state index in [0.29, 0.717) is 5.82 Å². The molecule has 100 valence electrons. The van der Waals surface area contributed by atoms with Gasteiger partial charge < -0.3 is 5.32 Å². The molecule has 0 radical (unpaired) electrons. The molecule has 0 aliphatic carbocycles. The summed E-state index contributed by atoms with van der Waals surface area (Å²) in [7, 11) is 0. The number of nitrogens with one attached hydrogen (secondary N) is 1. The lowest BCUT2D eigenvalue weighted by Gasteiger charge is -2.13. The van der Waals surface area contributed by atoms with E-state index in [0.717, 1.165) is 10.4 Å². The molecule has 1 atom stereocenters. The SMILES string of the molecule is Cc1cnc(NC(C)c2ccc(C)s2)c([N+](=O)[O-])c1. The molecule has 0 spiro atoms. The predicted octanol–water partition coefficient (Wildman–Crippen LogP) is 3.84. The summed E-state index contributed by atoms with van der Waals surface area (Å²) in [6, 6.07) is 5.58. The van der Waals surface area contributed by atoms with Crippen molar-refractivity contribution in [2.75, 3.05) is 5.32 Å². The minimum Gasteiger partial charge on any atom is -0.357 e. The van der Waals surface area contributed by atoms with Gasteiger partial charge >= 0.3 is 5.69 Å². The fourth-order valence-corrected chi connectivity index (χ4v) is 2.65. The molecule has 0 saturated heterocycles. The number of rotatable bonds is 4. The fourth-order valence-electron chi connectivity index (χ4n) is 1.77. The van der Waals surface area contributed by atoms with Crippen LogP contribution in [0, 0.1) is 24.0 Å². The molecule has 0 fully saturated rings. The molecular formula is C13H15N3O2S. The fraction of sp³-hybridized carbons (Fsp3) is 0.308. The van der Waals surface area contributed by atoms with Gasteiger partial charge in [0, 0.05) is 22.0 Å². The Balaban J connectivity index is 2.26. The van der Waals surface area contributed by atoms with Crippen LogP contribution in [0.25, 0.3) is 0 Å². The van der Waals surface area contributed by atoms with Crippen molar-refractivity contribution < 1.29 is 4.92 Å². The molecule has 0 saturated carbocycles. The molecule has 6 heteroatoms. The van der Waals surface area contributed by atoms with E-state index in [1.165, 1.54) is 10.9 Å². The molecule has 1 N–H and O–H groups in total. The van der Waals surface area contributed by atoms with Gasteiger partial charge in [-0.3, -0.25) is 10.1 Å². The third kappa shape index (κ3) is 3.08. The molecule has 19 heavy (non-hydrogen) atoms. The normalized spacial score (nSPS) is 12.2. The highest BCUT2D eigenvalue weighted by atomic mass is 32.1. The van der Waals surface area contributed by atoms with E-state index in [1.807, 2.05) is 26.0 Å². The first-order chi connectivity index (χ1) is 8.97. The van der Waals surface area contributed by atoms with Crippen molar-refractivity contribution in [2.45, 2.75) is 26.8 Å². The number of thiophene rings is 1. The summed E-state index contributed by atoms with van der Waals surface area (Å²) >= 11 is 1.67. The van der Waals surface area contributed by atoms with Crippen molar-refractivity contribution in [1.29, 1.82) is 0 Å². The summed E-state index contributed by atoms with van der Waals surface area (Å²) in [5, 5.41) is 14.1. The highest BCUT2D eigenvalue weighted by Crippen LogP contribution is 2.29. The summed E-state index contributed by atoms with van der Waals surface area (Å²) in [5.74, 6) is 0.314. The smallest absolute Gasteiger partial charge is 0.311 e. The van der Waals surface area contributed by atoms with E-state index in [4.69, 9.17) is 0 Å². The second kappa shape index (κ2) is 5.36. The summed E-state index contributed by atoms with van der Waals surface area (Å²) < 4.78 is 0. The first kappa shape index (κ1) is 13.5. The average molecular weight is 277 g/mol. The Kier molecular flexibility index (Phi) is 3.80. The van der Waals surface area contributed by atoms with Crippen LogP contribution in [0.2, 0.25) is 0 Å². The number of aromatic nitrogens is 1. The van der Waals surface area contributed by atoms with Crippen LogP contribution >= 0.6 is 11.3 Å². The number of aryl methyl sites for hydroxylation is 2. The predicted molar refractivity (Wildman–Crippen MR) is 76.7 cm³/mol. The van der Waals surface area contributed by atoms with Crippen molar-refractivity contribution in [2.24, 2.45) is 0 Å². The standard InChI is InChI=1S/C13H15N3O2S/c1-8-6-11(16(17)18)13(14-7-8)15-10(3)12-5-4-9(2)19-12/h4-7,10H,1-3H3,(H,14,15). The Morgan fingerprint density at radius 2 is 2.16 bits per heavy atom. The van der Waals surface area contributed by atoms with Crippen LogP contribution in [0.15, 0.2) is 24.4 Å². The van der Waals surface area contributed by atoms with Crippen molar-refractivity contribution in [1.82, 2.24) is 4.98 Å². The van der Waals surface area contributed by atoms with Gasteiger partial charge in [-0.15, -0.1) is 11.3 Å². The number of hydrogen-bond donors (Lipinski definition) is 1. The van der Waals surface area contributed by atoms with Gasteiger partial charge in [0.15, 0.2) is 0 Å². The van der Waals surface area contributed by atoms with Crippen LogP contribution in [0.5, 0.6) is 0 Å². The zero-order valence-electron chi connectivity index (χ0n) is 11.0. The Labute approximate surface area is 115 Å². The number of anilines is 1. The third-order valence-electron chi connectivity index (χ3n) is 2.74. The highest BCUT2D eigenvalue weighted by Gasteiger charge is 2.18. The second-order valence-electron chi connectivity index (χ2n) is 4.45. The summed E-state index contributed by atoms with van der Waals surface area (Å²) in [6.45, 7) is 5.79. The molecule has 0 aliphatic heterocycles. The summed E-state index contributed by atoms with van der Waals surface area (Å²) in [4.78, 5) is 17.1. The van der Waals surface area contributed by atoms with E-state index in [-0.39, 0.29) is 11.7 Å². The van der Waals surface area contributed by atoms with Gasteiger partial charge in [0.1, 0.15) is 0 Å². The molecule has 2 rings (SSSR count). The van der Waals surface area contributed by atoms with Gasteiger partial charge in [0.05, 0.1) is 11.0 Å². The average Bonchev–Trinajstić information content (AvgIpc) is 2.78. The maximum absolute atomic E-state index is 11.0. The van der Waals surface area contributed by atoms with E-state index >= 15 is 0 Å². The van der Waals surface area contributed by atoms with Gasteiger partial charge in [0.2, 0.25) is 5.82 Å². The molecule has 2 aromatic heterocycles. The third-order valence-corrected chi connectivity index (χ3v) is 3.93. The van der Waals surface area contributed by atoms with Crippen molar-refractivity contribution >= 4 is 22.8 Å². The first-order valence-electron chi connectivity index (χ1n) is 5.91. The highest BCUT2D eigenvalue weighted by molar-refractivity contribution is 7.12. The molecule has 2 heterocycles. The largest absolute Gasteiger partial charge is 0.357 e. The molecule has 0 aliphatic rings. The van der Waals surface area contributed by atoms with Crippen LogP contribution in [0.4, 0.5) is 11.5 Å². The van der Waals surface area contributed by atoms with Crippen molar-refractivity contribution in [3.05, 3.63) is 49.8 Å². The first-order valence-corrected chi connectivity index (χ1v) is 6.73. The van der Waals surface area contributed by atoms with E-state index in [2.05, 4.69) is 10.3 Å². The number of nitro groups is 1. The zero-order valence-corrected chi connectivity index (χ0v) is 11.8. The lowest BCUT2D eigenvalue weighted by molar-refractivity contribution is -0.384. The van der Waals surface area contributed by atoms with Gasteiger partial charge in [-0.1, -0.05) is 0 Å². The van der Waals surface area contributed by atoms with Crippen LogP contribution in [0.3, 0.4) is 0 Å². The number of nitrogens with zero attached hydrogens (tertiary/aromatic N) is 2. The van der Waals surface area contributed by atoms with E-state index in [9.17, 15) is 10.1 Å². The Hall–Kier alpha value is -1.95. The summed E-state index contributed by atoms with van der Waals surface area (Å²) in [6.07, 6.45) is 1.63. The van der Waals surface area contributed by atoms with Crippen LogP contribution in [-0.4, -0.2) is 9.91 Å². The van der Waals surface area contributed by atoms with Gasteiger partial charge in [-0.05, 0) is 38.5 Å². The lowest BCUT2D eigenvalue weighted by atomic mass is 10.2. The number of pyridine rings is 1. The minimum atomic E-state index is -0.408. The molecule has 0 bridgehead atoms.